The monoisotopic (exact) mass is 188 g/mol. The SMILES string of the molecule is CCCCCCCC(=O)/C=C/Cl. The van der Waals surface area contributed by atoms with E-state index in [1.54, 1.807) is 0 Å². The number of ketones is 1. The van der Waals surface area contributed by atoms with Gasteiger partial charge in [0.25, 0.3) is 0 Å². The van der Waals surface area contributed by atoms with Crippen molar-refractivity contribution in [1.29, 1.82) is 0 Å². The summed E-state index contributed by atoms with van der Waals surface area (Å²) in [5, 5.41) is 0. The maximum absolute atomic E-state index is 10.9. The van der Waals surface area contributed by atoms with Crippen LogP contribution < -0.4 is 0 Å². The first kappa shape index (κ1) is 11.7. The van der Waals surface area contributed by atoms with Gasteiger partial charge in [-0.3, -0.25) is 4.79 Å². The first-order chi connectivity index (χ1) is 5.81. The summed E-state index contributed by atoms with van der Waals surface area (Å²) in [6.45, 7) is 2.18. The minimum atomic E-state index is 0.140. The molecular weight excluding hydrogens is 172 g/mol. The summed E-state index contributed by atoms with van der Waals surface area (Å²) < 4.78 is 0. The van der Waals surface area contributed by atoms with Gasteiger partial charge < -0.3 is 0 Å². The third-order valence-electron chi connectivity index (χ3n) is 1.78. The first-order valence-electron chi connectivity index (χ1n) is 4.61. The number of unbranched alkanes of at least 4 members (excludes halogenated alkanes) is 4. The lowest BCUT2D eigenvalue weighted by molar-refractivity contribution is -0.114. The van der Waals surface area contributed by atoms with Crippen molar-refractivity contribution in [2.24, 2.45) is 0 Å². The molecule has 12 heavy (non-hydrogen) atoms. The second kappa shape index (κ2) is 8.79. The van der Waals surface area contributed by atoms with Crippen molar-refractivity contribution in [2.75, 3.05) is 0 Å². The predicted octanol–water partition coefficient (Wildman–Crippen LogP) is 3.67. The Balaban J connectivity index is 3.14. The molecule has 0 heterocycles. The third kappa shape index (κ3) is 7.80. The Morgan fingerprint density at radius 3 is 2.50 bits per heavy atom. The van der Waals surface area contributed by atoms with Crippen molar-refractivity contribution in [1.82, 2.24) is 0 Å². The molecule has 0 spiro atoms. The van der Waals surface area contributed by atoms with Crippen molar-refractivity contribution in [3.05, 3.63) is 11.6 Å². The average Bonchev–Trinajstić information content (AvgIpc) is 2.05. The Kier molecular flexibility index (Phi) is 8.57. The Morgan fingerprint density at radius 2 is 1.92 bits per heavy atom. The quantitative estimate of drug-likeness (QED) is 0.440. The number of carbonyl (C=O) groups is 1. The second-order valence-corrected chi connectivity index (χ2v) is 3.18. The Labute approximate surface area is 79.8 Å². The van der Waals surface area contributed by atoms with E-state index in [1.807, 2.05) is 0 Å². The maximum atomic E-state index is 10.9. The van der Waals surface area contributed by atoms with Crippen LogP contribution in [0.3, 0.4) is 0 Å². The molecular formula is C10H17ClO. The lowest BCUT2D eigenvalue weighted by Gasteiger charge is -1.96. The van der Waals surface area contributed by atoms with E-state index in [4.69, 9.17) is 11.6 Å². The zero-order valence-corrected chi connectivity index (χ0v) is 8.44. The third-order valence-corrected chi connectivity index (χ3v) is 1.90. The maximum Gasteiger partial charge on any atom is 0.156 e. The van der Waals surface area contributed by atoms with Crippen molar-refractivity contribution < 1.29 is 4.79 Å². The highest BCUT2D eigenvalue weighted by atomic mass is 35.5. The molecule has 0 bridgehead atoms. The predicted molar refractivity (Wildman–Crippen MR) is 53.4 cm³/mol. The summed E-state index contributed by atoms with van der Waals surface area (Å²) in [5.74, 6) is 0.140. The van der Waals surface area contributed by atoms with Crippen LogP contribution in [-0.2, 0) is 4.79 Å². The number of halogens is 1. The van der Waals surface area contributed by atoms with Crippen molar-refractivity contribution in [2.45, 2.75) is 45.4 Å². The molecule has 0 aliphatic rings. The zero-order chi connectivity index (χ0) is 9.23. The van der Waals surface area contributed by atoms with E-state index < -0.39 is 0 Å². The number of rotatable bonds is 7. The largest absolute Gasteiger partial charge is 0.295 e. The molecule has 0 aromatic heterocycles. The van der Waals surface area contributed by atoms with Crippen LogP contribution in [0.5, 0.6) is 0 Å². The van der Waals surface area contributed by atoms with Crippen LogP contribution in [0.2, 0.25) is 0 Å². The van der Waals surface area contributed by atoms with E-state index in [1.165, 1.54) is 30.9 Å². The van der Waals surface area contributed by atoms with Crippen LogP contribution in [0.15, 0.2) is 11.6 Å². The summed E-state index contributed by atoms with van der Waals surface area (Å²) in [6.07, 6.45) is 8.01. The smallest absolute Gasteiger partial charge is 0.156 e. The molecule has 0 radical (unpaired) electrons. The van der Waals surface area contributed by atoms with Crippen LogP contribution in [0.4, 0.5) is 0 Å². The number of allylic oxidation sites excluding steroid dienone is 1. The highest BCUT2D eigenvalue weighted by molar-refractivity contribution is 6.26. The van der Waals surface area contributed by atoms with Gasteiger partial charge in [-0.1, -0.05) is 44.2 Å². The molecule has 0 rings (SSSR count). The van der Waals surface area contributed by atoms with Crippen molar-refractivity contribution in [3.8, 4) is 0 Å². The molecule has 0 aromatic carbocycles. The minimum Gasteiger partial charge on any atom is -0.295 e. The molecule has 0 saturated heterocycles. The van der Waals surface area contributed by atoms with Gasteiger partial charge >= 0.3 is 0 Å². The van der Waals surface area contributed by atoms with E-state index in [9.17, 15) is 4.79 Å². The molecule has 70 valence electrons. The molecule has 0 fully saturated rings. The highest BCUT2D eigenvalue weighted by Gasteiger charge is 1.95. The fourth-order valence-corrected chi connectivity index (χ4v) is 1.20. The summed E-state index contributed by atoms with van der Waals surface area (Å²) >= 11 is 5.26. The van der Waals surface area contributed by atoms with Gasteiger partial charge in [0, 0.05) is 12.0 Å². The summed E-state index contributed by atoms with van der Waals surface area (Å²) in [7, 11) is 0. The molecule has 2 heteroatoms. The minimum absolute atomic E-state index is 0.140. The molecule has 0 amide bonds. The number of hydrogen-bond donors (Lipinski definition) is 0. The Morgan fingerprint density at radius 1 is 1.25 bits per heavy atom. The average molecular weight is 189 g/mol. The molecule has 0 aromatic rings. The number of hydrogen-bond acceptors (Lipinski definition) is 1. The van der Waals surface area contributed by atoms with E-state index in [-0.39, 0.29) is 5.78 Å². The van der Waals surface area contributed by atoms with Crippen LogP contribution in [0, 0.1) is 0 Å². The lowest BCUT2D eigenvalue weighted by atomic mass is 10.1. The van der Waals surface area contributed by atoms with Gasteiger partial charge in [-0.05, 0) is 12.5 Å². The fraction of sp³-hybridized carbons (Fsp3) is 0.700. The summed E-state index contributed by atoms with van der Waals surface area (Å²) in [6, 6.07) is 0. The molecule has 1 nitrogen and oxygen atoms in total. The molecule has 0 atom stereocenters. The van der Waals surface area contributed by atoms with E-state index in [0.717, 1.165) is 12.8 Å². The standard InChI is InChI=1S/C10H17ClO/c1-2-3-4-5-6-7-10(12)8-9-11/h8-9H,2-7H2,1H3/b9-8+. The highest BCUT2D eigenvalue weighted by Crippen LogP contribution is 2.05. The lowest BCUT2D eigenvalue weighted by Crippen LogP contribution is -1.91. The van der Waals surface area contributed by atoms with Gasteiger partial charge in [-0.2, -0.15) is 0 Å². The summed E-state index contributed by atoms with van der Waals surface area (Å²) in [5.41, 5.74) is 1.29. The fourth-order valence-electron chi connectivity index (χ4n) is 1.06. The van der Waals surface area contributed by atoms with Gasteiger partial charge in [-0.25, -0.2) is 0 Å². The van der Waals surface area contributed by atoms with Gasteiger partial charge in [-0.15, -0.1) is 0 Å². The van der Waals surface area contributed by atoms with Gasteiger partial charge in [0.05, 0.1) is 0 Å². The number of carbonyl (C=O) groups excluding carboxylic acids is 1. The van der Waals surface area contributed by atoms with Gasteiger partial charge in [0.15, 0.2) is 5.78 Å². The molecule has 0 N–H and O–H groups in total. The van der Waals surface area contributed by atoms with E-state index in [2.05, 4.69) is 6.92 Å². The van der Waals surface area contributed by atoms with Crippen LogP contribution in [0.1, 0.15) is 45.4 Å². The molecule has 0 unspecified atom stereocenters. The van der Waals surface area contributed by atoms with Crippen LogP contribution in [0.25, 0.3) is 0 Å². The summed E-state index contributed by atoms with van der Waals surface area (Å²) in [4.78, 5) is 10.9. The van der Waals surface area contributed by atoms with E-state index in [0.29, 0.717) is 6.42 Å². The van der Waals surface area contributed by atoms with Crippen LogP contribution in [-0.4, -0.2) is 5.78 Å². The molecule has 0 aliphatic carbocycles. The Hall–Kier alpha value is -0.300. The van der Waals surface area contributed by atoms with Crippen LogP contribution >= 0.6 is 11.6 Å². The van der Waals surface area contributed by atoms with E-state index >= 15 is 0 Å². The van der Waals surface area contributed by atoms with Crippen molar-refractivity contribution in [3.63, 3.8) is 0 Å². The Bertz CT molecular complexity index is 141. The first-order valence-corrected chi connectivity index (χ1v) is 5.04. The normalized spacial score (nSPS) is 10.8. The van der Waals surface area contributed by atoms with Gasteiger partial charge in [0.1, 0.15) is 0 Å². The van der Waals surface area contributed by atoms with Gasteiger partial charge in [0.2, 0.25) is 0 Å². The topological polar surface area (TPSA) is 17.1 Å². The molecule has 0 aliphatic heterocycles. The molecule has 0 saturated carbocycles. The van der Waals surface area contributed by atoms with Crippen molar-refractivity contribution >= 4 is 17.4 Å². The zero-order valence-electron chi connectivity index (χ0n) is 7.68. The second-order valence-electron chi connectivity index (χ2n) is 2.92.